The highest BCUT2D eigenvalue weighted by atomic mass is 16.6. The Bertz CT molecular complexity index is 393. The first kappa shape index (κ1) is 14.7. The van der Waals surface area contributed by atoms with Crippen LogP contribution < -0.4 is 0 Å². The van der Waals surface area contributed by atoms with Gasteiger partial charge in [0.1, 0.15) is 5.60 Å². The summed E-state index contributed by atoms with van der Waals surface area (Å²) in [5.74, 6) is -0.390. The molecule has 1 rings (SSSR count). The predicted octanol–water partition coefficient (Wildman–Crippen LogP) is 4.16. The molecule has 0 N–H and O–H groups in total. The number of carbonyl (C=O) groups is 1. The number of esters is 1. The first-order chi connectivity index (χ1) is 8.11. The van der Waals surface area contributed by atoms with Gasteiger partial charge >= 0.3 is 5.97 Å². The van der Waals surface area contributed by atoms with Gasteiger partial charge in [-0.25, -0.2) is 0 Å². The zero-order chi connectivity index (χ0) is 14.0. The standard InChI is InChI=1S/C16H24O2/c1-15(2,3)13(12-10-8-7-9-11-12)14(17)18-16(4,5)6/h7-11,13H,1-6H3. The van der Waals surface area contributed by atoms with Gasteiger partial charge in [0.25, 0.3) is 0 Å². The quantitative estimate of drug-likeness (QED) is 0.735. The summed E-state index contributed by atoms with van der Waals surface area (Å²) in [6.45, 7) is 11.9. The molecule has 0 saturated heterocycles. The van der Waals surface area contributed by atoms with E-state index in [0.717, 1.165) is 5.56 Å². The fourth-order valence-corrected chi connectivity index (χ4v) is 2.00. The molecular weight excluding hydrogens is 224 g/mol. The van der Waals surface area contributed by atoms with Crippen molar-refractivity contribution < 1.29 is 9.53 Å². The molecule has 18 heavy (non-hydrogen) atoms. The number of carbonyl (C=O) groups excluding carboxylic acids is 1. The van der Waals surface area contributed by atoms with Gasteiger partial charge in [-0.15, -0.1) is 0 Å². The summed E-state index contributed by atoms with van der Waals surface area (Å²) in [5, 5.41) is 0. The monoisotopic (exact) mass is 248 g/mol. The Morgan fingerprint density at radius 1 is 1.00 bits per heavy atom. The molecule has 1 aromatic carbocycles. The average molecular weight is 248 g/mol. The second-order valence-electron chi connectivity index (χ2n) is 6.74. The van der Waals surface area contributed by atoms with E-state index in [1.54, 1.807) is 0 Å². The van der Waals surface area contributed by atoms with Crippen LogP contribution in [0, 0.1) is 5.41 Å². The minimum Gasteiger partial charge on any atom is -0.459 e. The van der Waals surface area contributed by atoms with Crippen LogP contribution in [0.2, 0.25) is 0 Å². The molecule has 1 aromatic rings. The van der Waals surface area contributed by atoms with Gasteiger partial charge in [0, 0.05) is 0 Å². The fourth-order valence-electron chi connectivity index (χ4n) is 2.00. The molecule has 0 aliphatic rings. The van der Waals surface area contributed by atoms with E-state index < -0.39 is 5.60 Å². The van der Waals surface area contributed by atoms with Crippen molar-refractivity contribution in [1.29, 1.82) is 0 Å². The maximum Gasteiger partial charge on any atom is 0.314 e. The third-order valence-electron chi connectivity index (χ3n) is 2.64. The summed E-state index contributed by atoms with van der Waals surface area (Å²) >= 11 is 0. The van der Waals surface area contributed by atoms with Gasteiger partial charge in [0.2, 0.25) is 0 Å². The van der Waals surface area contributed by atoms with Crippen LogP contribution >= 0.6 is 0 Å². The van der Waals surface area contributed by atoms with Crippen molar-refractivity contribution in [3.8, 4) is 0 Å². The normalized spacial score (nSPS) is 14.1. The third-order valence-corrected chi connectivity index (χ3v) is 2.64. The lowest BCUT2D eigenvalue weighted by molar-refractivity contribution is -0.159. The van der Waals surface area contributed by atoms with Crippen LogP contribution in [0.3, 0.4) is 0 Å². The van der Waals surface area contributed by atoms with Crippen molar-refractivity contribution in [2.24, 2.45) is 5.41 Å². The summed E-state index contributed by atoms with van der Waals surface area (Å²) < 4.78 is 5.54. The molecule has 0 saturated carbocycles. The summed E-state index contributed by atoms with van der Waals surface area (Å²) in [6, 6.07) is 9.84. The number of ether oxygens (including phenoxy) is 1. The Labute approximate surface area is 110 Å². The SMILES string of the molecule is CC(C)(C)OC(=O)C(c1ccccc1)C(C)(C)C. The van der Waals surface area contributed by atoms with Crippen LogP contribution in [-0.4, -0.2) is 11.6 Å². The first-order valence-electron chi connectivity index (χ1n) is 6.39. The molecule has 0 aromatic heterocycles. The zero-order valence-corrected chi connectivity index (χ0v) is 12.3. The van der Waals surface area contributed by atoms with Crippen molar-refractivity contribution in [3.05, 3.63) is 35.9 Å². The largest absolute Gasteiger partial charge is 0.459 e. The van der Waals surface area contributed by atoms with E-state index >= 15 is 0 Å². The second-order valence-corrected chi connectivity index (χ2v) is 6.74. The summed E-state index contributed by atoms with van der Waals surface area (Å²) in [7, 11) is 0. The number of rotatable bonds is 2. The molecule has 2 heteroatoms. The van der Waals surface area contributed by atoms with Crippen LogP contribution in [0.1, 0.15) is 53.0 Å². The molecule has 0 heterocycles. The Morgan fingerprint density at radius 2 is 1.50 bits per heavy atom. The number of benzene rings is 1. The molecule has 1 atom stereocenters. The lowest BCUT2D eigenvalue weighted by Crippen LogP contribution is -2.33. The minimum atomic E-state index is -0.449. The van der Waals surface area contributed by atoms with Crippen molar-refractivity contribution in [2.45, 2.75) is 53.1 Å². The molecule has 0 bridgehead atoms. The Hall–Kier alpha value is -1.31. The van der Waals surface area contributed by atoms with E-state index in [1.165, 1.54) is 0 Å². The van der Waals surface area contributed by atoms with Crippen LogP contribution in [0.15, 0.2) is 30.3 Å². The summed E-state index contributed by atoms with van der Waals surface area (Å²) in [6.07, 6.45) is 0. The topological polar surface area (TPSA) is 26.3 Å². The van der Waals surface area contributed by atoms with Gasteiger partial charge in [-0.05, 0) is 31.7 Å². The molecule has 0 amide bonds. The highest BCUT2D eigenvalue weighted by molar-refractivity contribution is 5.79. The van der Waals surface area contributed by atoms with Gasteiger partial charge in [0.15, 0.2) is 0 Å². The van der Waals surface area contributed by atoms with E-state index in [-0.39, 0.29) is 17.3 Å². The van der Waals surface area contributed by atoms with Crippen molar-refractivity contribution in [1.82, 2.24) is 0 Å². The number of hydrogen-bond acceptors (Lipinski definition) is 2. The van der Waals surface area contributed by atoms with Crippen molar-refractivity contribution in [3.63, 3.8) is 0 Å². The molecule has 2 nitrogen and oxygen atoms in total. The van der Waals surface area contributed by atoms with Crippen LogP contribution in [0.25, 0.3) is 0 Å². The Kier molecular flexibility index (Phi) is 4.20. The molecule has 0 aliphatic carbocycles. The van der Waals surface area contributed by atoms with E-state index in [2.05, 4.69) is 20.8 Å². The first-order valence-corrected chi connectivity index (χ1v) is 6.39. The summed E-state index contributed by atoms with van der Waals surface area (Å²) in [5.41, 5.74) is 0.401. The van der Waals surface area contributed by atoms with Crippen LogP contribution in [0.5, 0.6) is 0 Å². The van der Waals surface area contributed by atoms with E-state index in [0.29, 0.717) is 0 Å². The molecular formula is C16H24O2. The van der Waals surface area contributed by atoms with Gasteiger partial charge < -0.3 is 4.74 Å². The van der Waals surface area contributed by atoms with Crippen molar-refractivity contribution in [2.75, 3.05) is 0 Å². The zero-order valence-electron chi connectivity index (χ0n) is 12.3. The lowest BCUT2D eigenvalue weighted by atomic mass is 9.76. The van der Waals surface area contributed by atoms with Gasteiger partial charge in [-0.2, -0.15) is 0 Å². The fraction of sp³-hybridized carbons (Fsp3) is 0.562. The average Bonchev–Trinajstić information content (AvgIpc) is 2.13. The molecule has 0 aliphatic heterocycles. The molecule has 100 valence electrons. The minimum absolute atomic E-state index is 0.152. The number of hydrogen-bond donors (Lipinski definition) is 0. The lowest BCUT2D eigenvalue weighted by Gasteiger charge is -2.32. The van der Waals surface area contributed by atoms with E-state index in [1.807, 2.05) is 51.1 Å². The van der Waals surface area contributed by atoms with Gasteiger partial charge in [-0.3, -0.25) is 4.79 Å². The molecule has 0 spiro atoms. The maximum absolute atomic E-state index is 12.4. The smallest absolute Gasteiger partial charge is 0.314 e. The highest BCUT2D eigenvalue weighted by Gasteiger charge is 2.35. The van der Waals surface area contributed by atoms with E-state index in [4.69, 9.17) is 4.74 Å². The molecule has 1 unspecified atom stereocenters. The maximum atomic E-state index is 12.4. The van der Waals surface area contributed by atoms with Crippen molar-refractivity contribution >= 4 is 5.97 Å². The van der Waals surface area contributed by atoms with Crippen LogP contribution in [0.4, 0.5) is 0 Å². The Balaban J connectivity index is 3.05. The van der Waals surface area contributed by atoms with E-state index in [9.17, 15) is 4.79 Å². The molecule has 0 fully saturated rings. The highest BCUT2D eigenvalue weighted by Crippen LogP contribution is 2.36. The van der Waals surface area contributed by atoms with Gasteiger partial charge in [0.05, 0.1) is 5.92 Å². The predicted molar refractivity (Wildman–Crippen MR) is 74.5 cm³/mol. The second kappa shape index (κ2) is 5.13. The summed E-state index contributed by atoms with van der Waals surface area (Å²) in [4.78, 5) is 12.4. The molecule has 0 radical (unpaired) electrons. The van der Waals surface area contributed by atoms with Gasteiger partial charge in [-0.1, -0.05) is 51.1 Å². The third kappa shape index (κ3) is 4.17. The Morgan fingerprint density at radius 3 is 1.89 bits per heavy atom. The van der Waals surface area contributed by atoms with Crippen LogP contribution in [-0.2, 0) is 9.53 Å².